The molecule has 0 bridgehead atoms. The van der Waals surface area contributed by atoms with Crippen molar-refractivity contribution in [3.05, 3.63) is 0 Å². The van der Waals surface area contributed by atoms with E-state index >= 15 is 0 Å². The zero-order valence-electron chi connectivity index (χ0n) is 53.3. The van der Waals surface area contributed by atoms with Gasteiger partial charge in [-0.15, -0.1) is 0 Å². The Kier molecular flexibility index (Phi) is 56.4. The minimum Gasteiger partial charge on any atom is -0.462 e. The molecule has 0 aromatic heterocycles. The molecule has 0 rings (SSSR count). The van der Waals surface area contributed by atoms with Gasteiger partial charge >= 0.3 is 39.5 Å². The third-order valence-electron chi connectivity index (χ3n) is 14.8. The Labute approximate surface area is 505 Å². The fourth-order valence-corrected chi connectivity index (χ4v) is 11.2. The molecule has 0 radical (unpaired) electrons. The fraction of sp³-hybridized carbons (Fsp3) is 0.938. The van der Waals surface area contributed by atoms with Crippen molar-refractivity contribution >= 4 is 39.5 Å². The van der Waals surface area contributed by atoms with Crippen molar-refractivity contribution in [3.8, 4) is 0 Å². The predicted octanol–water partition coefficient (Wildman–Crippen LogP) is 17.8. The van der Waals surface area contributed by atoms with Crippen LogP contribution in [0.4, 0.5) is 0 Å². The van der Waals surface area contributed by atoms with Crippen LogP contribution in [0.2, 0.25) is 0 Å². The summed E-state index contributed by atoms with van der Waals surface area (Å²) in [4.78, 5) is 72.2. The Morgan fingerprint density at radius 2 is 0.554 bits per heavy atom. The molecule has 0 aromatic carbocycles. The summed E-state index contributed by atoms with van der Waals surface area (Å²) in [5.74, 6) is -1.45. The maximum Gasteiger partial charge on any atom is 0.472 e. The summed E-state index contributed by atoms with van der Waals surface area (Å²) in [6.45, 7) is 7.11. The van der Waals surface area contributed by atoms with Crippen LogP contribution in [-0.2, 0) is 65.4 Å². The Bertz CT molecular complexity index is 1620. The molecular formula is C64H124O17P2. The van der Waals surface area contributed by atoms with Crippen molar-refractivity contribution in [2.75, 3.05) is 39.6 Å². The van der Waals surface area contributed by atoms with Gasteiger partial charge in [0.2, 0.25) is 0 Å². The van der Waals surface area contributed by atoms with Crippen LogP contribution in [0, 0.1) is 5.92 Å². The normalized spacial score (nSPS) is 14.2. The van der Waals surface area contributed by atoms with Crippen LogP contribution in [0.5, 0.6) is 0 Å². The lowest BCUT2D eigenvalue weighted by atomic mass is 10.0. The van der Waals surface area contributed by atoms with E-state index in [-0.39, 0.29) is 25.7 Å². The number of phosphoric ester groups is 2. The number of carbonyl (C=O) groups is 4. The number of rotatable bonds is 64. The van der Waals surface area contributed by atoms with E-state index in [9.17, 15) is 43.2 Å². The van der Waals surface area contributed by atoms with Crippen molar-refractivity contribution in [1.82, 2.24) is 0 Å². The molecular weight excluding hydrogens is 1100 g/mol. The number of ether oxygens (including phenoxy) is 4. The topological polar surface area (TPSA) is 237 Å². The molecule has 0 saturated carbocycles. The highest BCUT2D eigenvalue weighted by Gasteiger charge is 2.30. The number of aliphatic hydroxyl groups excluding tert-OH is 1. The van der Waals surface area contributed by atoms with Crippen molar-refractivity contribution in [1.29, 1.82) is 0 Å². The largest absolute Gasteiger partial charge is 0.472 e. The van der Waals surface area contributed by atoms with Crippen LogP contribution in [0.1, 0.15) is 324 Å². The molecule has 0 aliphatic carbocycles. The number of unbranched alkanes of at least 4 members (excludes halogenated alkanes) is 36. The predicted molar refractivity (Wildman–Crippen MR) is 331 cm³/mol. The van der Waals surface area contributed by atoms with Gasteiger partial charge in [0.15, 0.2) is 12.2 Å². The zero-order valence-corrected chi connectivity index (χ0v) is 55.1. The van der Waals surface area contributed by atoms with E-state index in [1.807, 2.05) is 0 Å². The quantitative estimate of drug-likeness (QED) is 0.0222. The second kappa shape index (κ2) is 57.8. The van der Waals surface area contributed by atoms with Gasteiger partial charge in [0.25, 0.3) is 0 Å². The molecule has 0 fully saturated rings. The molecule has 0 heterocycles. The maximum absolute atomic E-state index is 13.0. The molecule has 0 amide bonds. The van der Waals surface area contributed by atoms with E-state index in [2.05, 4.69) is 34.6 Å². The average Bonchev–Trinajstić information content (AvgIpc) is 3.45. The zero-order chi connectivity index (χ0) is 61.3. The van der Waals surface area contributed by atoms with E-state index in [1.54, 1.807) is 0 Å². The first-order valence-electron chi connectivity index (χ1n) is 33.6. The summed E-state index contributed by atoms with van der Waals surface area (Å²) in [6.07, 6.45) is 41.7. The summed E-state index contributed by atoms with van der Waals surface area (Å²) in [5.41, 5.74) is 0. The van der Waals surface area contributed by atoms with Crippen molar-refractivity contribution in [2.24, 2.45) is 5.92 Å². The third-order valence-corrected chi connectivity index (χ3v) is 16.7. The SMILES string of the molecule is CCCCCCCCCCCCCCC(=O)O[C@H](COC(=O)CCCCCCCCCCCCC)COP(=O)(O)OC[C@@H](O)COP(=O)(O)OC[C@@H](COC(=O)CCCCCCCCC(C)C)OC(=O)CCCCCCCCCCCCC. The molecule has 5 atom stereocenters. The summed E-state index contributed by atoms with van der Waals surface area (Å²) in [7, 11) is -9.88. The Morgan fingerprint density at radius 1 is 0.325 bits per heavy atom. The van der Waals surface area contributed by atoms with Crippen molar-refractivity contribution < 1.29 is 80.2 Å². The Hall–Kier alpha value is -1.94. The summed E-state index contributed by atoms with van der Waals surface area (Å²) >= 11 is 0. The fourth-order valence-electron chi connectivity index (χ4n) is 9.58. The first kappa shape index (κ1) is 81.1. The highest BCUT2D eigenvalue weighted by molar-refractivity contribution is 7.47. The van der Waals surface area contributed by atoms with Crippen LogP contribution in [0.15, 0.2) is 0 Å². The second-order valence-corrected chi connectivity index (χ2v) is 26.5. The van der Waals surface area contributed by atoms with Gasteiger partial charge in [-0.3, -0.25) is 37.3 Å². The molecule has 0 spiro atoms. The summed E-state index contributed by atoms with van der Waals surface area (Å²) < 4.78 is 68.0. The first-order valence-corrected chi connectivity index (χ1v) is 36.6. The van der Waals surface area contributed by atoms with Gasteiger partial charge in [-0.1, -0.05) is 272 Å². The number of phosphoric acid groups is 2. The molecule has 3 N–H and O–H groups in total. The smallest absolute Gasteiger partial charge is 0.462 e. The first-order chi connectivity index (χ1) is 40.0. The van der Waals surface area contributed by atoms with Gasteiger partial charge in [0.05, 0.1) is 26.4 Å². The molecule has 83 heavy (non-hydrogen) atoms. The molecule has 17 nitrogen and oxygen atoms in total. The molecule has 0 aliphatic rings. The highest BCUT2D eigenvalue weighted by Crippen LogP contribution is 2.45. The van der Waals surface area contributed by atoms with E-state index in [1.165, 1.54) is 141 Å². The molecule has 0 aromatic rings. The molecule has 0 saturated heterocycles. The third kappa shape index (κ3) is 58.8. The van der Waals surface area contributed by atoms with E-state index in [0.717, 1.165) is 96.3 Å². The number of aliphatic hydroxyl groups is 1. The van der Waals surface area contributed by atoms with Crippen LogP contribution in [-0.4, -0.2) is 96.7 Å². The van der Waals surface area contributed by atoms with Gasteiger partial charge in [-0.05, 0) is 31.6 Å². The number of carbonyl (C=O) groups excluding carboxylic acids is 4. The van der Waals surface area contributed by atoms with Gasteiger partial charge in [0.1, 0.15) is 19.3 Å². The van der Waals surface area contributed by atoms with E-state index < -0.39 is 97.5 Å². The maximum atomic E-state index is 13.0. The van der Waals surface area contributed by atoms with Crippen LogP contribution < -0.4 is 0 Å². The van der Waals surface area contributed by atoms with Crippen molar-refractivity contribution in [3.63, 3.8) is 0 Å². The number of hydrogen-bond donors (Lipinski definition) is 3. The van der Waals surface area contributed by atoms with Crippen LogP contribution in [0.3, 0.4) is 0 Å². The highest BCUT2D eigenvalue weighted by atomic mass is 31.2. The lowest BCUT2D eigenvalue weighted by Gasteiger charge is -2.21. The number of hydrogen-bond acceptors (Lipinski definition) is 15. The van der Waals surface area contributed by atoms with Crippen LogP contribution >= 0.6 is 15.6 Å². The molecule has 2 unspecified atom stereocenters. The van der Waals surface area contributed by atoms with Gasteiger partial charge in [-0.25, -0.2) is 9.13 Å². The summed E-state index contributed by atoms with van der Waals surface area (Å²) in [6, 6.07) is 0. The monoisotopic (exact) mass is 1230 g/mol. The standard InChI is InChI=1S/C64H124O17P2/c1-6-9-12-15-18-21-24-27-30-33-40-45-50-64(69)80-59(53-74-61(66)47-42-37-31-28-25-22-19-16-13-10-7-2)55-78-82(70,71)76-51-58(65)52-77-83(72,73)79-56-60(54-75-62(67)48-43-38-35-34-36-41-46-57(4)5)81-63(68)49-44-39-32-29-26-23-20-17-14-11-8-3/h57-60,65H,6-56H2,1-5H3,(H,70,71)(H,72,73)/t58-,59-,60-/m1/s1. The van der Waals surface area contributed by atoms with Gasteiger partial charge in [0, 0.05) is 25.7 Å². The molecule has 19 heteroatoms. The second-order valence-electron chi connectivity index (χ2n) is 23.6. The van der Waals surface area contributed by atoms with E-state index in [0.29, 0.717) is 31.6 Å². The number of esters is 4. The average molecular weight is 1230 g/mol. The Balaban J connectivity index is 5.24. The molecule has 492 valence electrons. The van der Waals surface area contributed by atoms with E-state index in [4.69, 9.17) is 37.0 Å². The lowest BCUT2D eigenvalue weighted by molar-refractivity contribution is -0.161. The lowest BCUT2D eigenvalue weighted by Crippen LogP contribution is -2.30. The van der Waals surface area contributed by atoms with Crippen LogP contribution in [0.25, 0.3) is 0 Å². The van der Waals surface area contributed by atoms with Gasteiger partial charge < -0.3 is 33.8 Å². The summed E-state index contributed by atoms with van der Waals surface area (Å²) in [5, 5.41) is 10.5. The Morgan fingerprint density at radius 3 is 0.819 bits per heavy atom. The minimum atomic E-state index is -4.94. The minimum absolute atomic E-state index is 0.106. The van der Waals surface area contributed by atoms with Gasteiger partial charge in [-0.2, -0.15) is 0 Å². The van der Waals surface area contributed by atoms with Crippen molar-refractivity contribution in [2.45, 2.75) is 342 Å². The molecule has 0 aliphatic heterocycles.